The van der Waals surface area contributed by atoms with Crippen LogP contribution in [-0.4, -0.2) is 28.5 Å². The molecule has 0 N–H and O–H groups in total. The molecule has 5 aliphatic rings. The zero-order valence-electron chi connectivity index (χ0n) is 18.4. The molecule has 2 atom stereocenters. The van der Waals surface area contributed by atoms with Crippen LogP contribution in [0.15, 0.2) is 54.1 Å². The monoisotopic (exact) mass is 445 g/mol. The molecule has 4 heteroatoms. The van der Waals surface area contributed by atoms with Gasteiger partial charge in [0.2, 0.25) is 5.91 Å². The van der Waals surface area contributed by atoms with Crippen LogP contribution in [0.3, 0.4) is 0 Å². The van der Waals surface area contributed by atoms with E-state index in [-0.39, 0.29) is 29.7 Å². The first-order chi connectivity index (χ1) is 15.5. The Labute approximate surface area is 194 Å². The molecule has 3 fully saturated rings. The molecule has 32 heavy (non-hydrogen) atoms. The number of carbonyl (C=O) groups excluding carboxylic acids is 2. The fourth-order valence-corrected chi connectivity index (χ4v) is 6.90. The topological polar surface area (TPSA) is 37.4 Å². The number of hydrogen-bond donors (Lipinski definition) is 0. The molecule has 0 radical (unpaired) electrons. The van der Waals surface area contributed by atoms with E-state index in [2.05, 4.69) is 43.3 Å². The van der Waals surface area contributed by atoms with Crippen LogP contribution in [0.25, 0.3) is 5.57 Å². The second kappa shape index (κ2) is 7.31. The Morgan fingerprint density at radius 3 is 2.44 bits per heavy atom. The second-order valence-electron chi connectivity index (χ2n) is 10.4. The molecule has 1 amide bonds. The minimum absolute atomic E-state index is 0.0178. The molecule has 0 saturated heterocycles. The number of amides is 1. The summed E-state index contributed by atoms with van der Waals surface area (Å²) in [7, 11) is 0. The minimum atomic E-state index is -0.130. The predicted molar refractivity (Wildman–Crippen MR) is 127 cm³/mol. The zero-order chi connectivity index (χ0) is 22.0. The maximum Gasteiger partial charge on any atom is 0.238 e. The van der Waals surface area contributed by atoms with Crippen LogP contribution in [0, 0.1) is 11.3 Å². The van der Waals surface area contributed by atoms with Crippen molar-refractivity contribution < 1.29 is 9.59 Å². The fourth-order valence-electron chi connectivity index (χ4n) is 6.76. The maximum absolute atomic E-state index is 12.9. The van der Waals surface area contributed by atoms with Crippen molar-refractivity contribution in [2.24, 2.45) is 11.3 Å². The Hall–Kier alpha value is -2.39. The molecular weight excluding hydrogens is 418 g/mol. The van der Waals surface area contributed by atoms with Gasteiger partial charge in [0.1, 0.15) is 5.88 Å². The molecule has 4 aliphatic carbocycles. The smallest absolute Gasteiger partial charge is 0.238 e. The number of hydrogen-bond acceptors (Lipinski definition) is 2. The van der Waals surface area contributed by atoms with E-state index in [1.165, 1.54) is 41.5 Å². The van der Waals surface area contributed by atoms with Gasteiger partial charge in [-0.3, -0.25) is 9.59 Å². The molecule has 0 spiro atoms. The summed E-state index contributed by atoms with van der Waals surface area (Å²) in [6.45, 7) is 2.11. The number of benzene rings is 2. The van der Waals surface area contributed by atoms with E-state index in [1.807, 2.05) is 17.0 Å². The van der Waals surface area contributed by atoms with Crippen LogP contribution < -0.4 is 0 Å². The van der Waals surface area contributed by atoms with Crippen LogP contribution in [0.1, 0.15) is 72.1 Å². The van der Waals surface area contributed by atoms with Gasteiger partial charge in [0.15, 0.2) is 5.78 Å². The van der Waals surface area contributed by atoms with Crippen molar-refractivity contribution in [3.8, 4) is 0 Å². The van der Waals surface area contributed by atoms with Gasteiger partial charge in [-0.1, -0.05) is 48.5 Å². The van der Waals surface area contributed by atoms with Crippen molar-refractivity contribution in [1.82, 2.24) is 4.90 Å². The Morgan fingerprint density at radius 2 is 1.78 bits per heavy atom. The van der Waals surface area contributed by atoms with E-state index in [9.17, 15) is 9.59 Å². The third-order valence-electron chi connectivity index (χ3n) is 8.34. The van der Waals surface area contributed by atoms with Gasteiger partial charge in [-0.2, -0.15) is 0 Å². The largest absolute Gasteiger partial charge is 0.328 e. The molecule has 0 unspecified atom stereocenters. The number of carbonyl (C=O) groups is 2. The van der Waals surface area contributed by atoms with E-state index >= 15 is 0 Å². The van der Waals surface area contributed by atoms with E-state index in [4.69, 9.17) is 11.6 Å². The molecule has 1 heterocycles. The molecule has 164 valence electrons. The highest BCUT2D eigenvalue weighted by molar-refractivity contribution is 6.27. The van der Waals surface area contributed by atoms with Crippen molar-refractivity contribution >= 4 is 28.9 Å². The van der Waals surface area contributed by atoms with Gasteiger partial charge < -0.3 is 4.90 Å². The molecular formula is C28H28ClNO2. The van der Waals surface area contributed by atoms with E-state index in [0.29, 0.717) is 11.8 Å². The summed E-state index contributed by atoms with van der Waals surface area (Å²) in [6.07, 6.45) is 6.12. The third kappa shape index (κ3) is 3.01. The van der Waals surface area contributed by atoms with E-state index in [1.54, 1.807) is 0 Å². The molecule has 3 nitrogen and oxygen atoms in total. The Kier molecular flexibility index (Phi) is 4.62. The molecule has 2 bridgehead atoms. The SMILES string of the molecule is C[C@H]1CC2=C(Cc3ccccc32)[C@H](c2ccc(C(=O)CC34CC(C3)C4)cc2)N1C(=O)CCl. The third-order valence-corrected chi connectivity index (χ3v) is 8.57. The van der Waals surface area contributed by atoms with Gasteiger partial charge in [0, 0.05) is 18.0 Å². The highest BCUT2D eigenvalue weighted by Crippen LogP contribution is 2.66. The lowest BCUT2D eigenvalue weighted by Crippen LogP contribution is -2.52. The molecule has 2 aromatic rings. The molecule has 0 aromatic heterocycles. The number of halogens is 1. The highest BCUT2D eigenvalue weighted by Gasteiger charge is 2.56. The number of fused-ring (bicyclic) bond motifs is 2. The maximum atomic E-state index is 12.9. The van der Waals surface area contributed by atoms with Crippen molar-refractivity contribution in [1.29, 1.82) is 0 Å². The normalized spacial score (nSPS) is 29.7. The number of ketones is 1. The highest BCUT2D eigenvalue weighted by atomic mass is 35.5. The van der Waals surface area contributed by atoms with Crippen molar-refractivity contribution in [2.45, 2.75) is 57.5 Å². The number of rotatable bonds is 5. The first-order valence-electron chi connectivity index (χ1n) is 11.8. The van der Waals surface area contributed by atoms with Crippen LogP contribution in [-0.2, 0) is 11.2 Å². The first kappa shape index (κ1) is 20.2. The van der Waals surface area contributed by atoms with Gasteiger partial charge in [-0.15, -0.1) is 11.6 Å². The summed E-state index contributed by atoms with van der Waals surface area (Å²) >= 11 is 6.03. The fraction of sp³-hybridized carbons (Fsp3) is 0.429. The number of Topliss-reactive ketones (excluding diaryl/α,β-unsaturated/α-hetero) is 1. The summed E-state index contributed by atoms with van der Waals surface area (Å²) in [5.41, 5.74) is 7.51. The standard InChI is InChI=1S/C28H28ClNO2/c1-17-10-23-22-5-3-2-4-21(22)11-24(23)27(30(17)26(32)16-29)20-8-6-19(7-9-20)25(31)15-28-12-18(13-28)14-28/h2-9,17-18,27H,10-16H2,1H3/t17-,18?,27-,28?/m0/s1. The lowest BCUT2D eigenvalue weighted by molar-refractivity contribution is -0.132. The Morgan fingerprint density at radius 1 is 1.06 bits per heavy atom. The van der Waals surface area contributed by atoms with Gasteiger partial charge in [0.25, 0.3) is 0 Å². The van der Waals surface area contributed by atoms with E-state index in [0.717, 1.165) is 29.9 Å². The van der Waals surface area contributed by atoms with Crippen LogP contribution in [0.5, 0.6) is 0 Å². The molecule has 2 aromatic carbocycles. The Bertz CT molecular complexity index is 1130. The summed E-state index contributed by atoms with van der Waals surface area (Å²) in [6, 6.07) is 16.6. The quantitative estimate of drug-likeness (QED) is 0.420. The summed E-state index contributed by atoms with van der Waals surface area (Å²) in [5, 5.41) is 0. The number of nitrogens with zero attached hydrogens (tertiary/aromatic N) is 1. The van der Waals surface area contributed by atoms with Crippen LogP contribution in [0.2, 0.25) is 0 Å². The minimum Gasteiger partial charge on any atom is -0.328 e. The van der Waals surface area contributed by atoms with Gasteiger partial charge in [0.05, 0.1) is 6.04 Å². The summed E-state index contributed by atoms with van der Waals surface area (Å²) in [4.78, 5) is 27.8. The zero-order valence-corrected chi connectivity index (χ0v) is 19.2. The lowest BCUT2D eigenvalue weighted by Gasteiger charge is -2.62. The average Bonchev–Trinajstić information content (AvgIpc) is 3.12. The van der Waals surface area contributed by atoms with Crippen LogP contribution in [0.4, 0.5) is 0 Å². The number of alkyl halides is 1. The van der Waals surface area contributed by atoms with Crippen molar-refractivity contribution in [3.05, 3.63) is 76.4 Å². The summed E-state index contributed by atoms with van der Waals surface area (Å²) < 4.78 is 0. The average molecular weight is 446 g/mol. The summed E-state index contributed by atoms with van der Waals surface area (Å²) in [5.74, 6) is 1.10. The van der Waals surface area contributed by atoms with E-state index < -0.39 is 0 Å². The van der Waals surface area contributed by atoms with Gasteiger partial charge >= 0.3 is 0 Å². The Balaban J connectivity index is 1.34. The van der Waals surface area contributed by atoms with Crippen molar-refractivity contribution in [3.63, 3.8) is 0 Å². The van der Waals surface area contributed by atoms with Crippen LogP contribution >= 0.6 is 11.6 Å². The molecule has 3 saturated carbocycles. The van der Waals surface area contributed by atoms with Gasteiger partial charge in [-0.05, 0) is 78.2 Å². The first-order valence-corrected chi connectivity index (χ1v) is 12.3. The predicted octanol–water partition coefficient (Wildman–Crippen LogP) is 5.97. The molecule has 7 rings (SSSR count). The van der Waals surface area contributed by atoms with Gasteiger partial charge in [-0.25, -0.2) is 0 Å². The van der Waals surface area contributed by atoms with Crippen molar-refractivity contribution in [2.75, 3.05) is 5.88 Å². The lowest BCUT2D eigenvalue weighted by atomic mass is 9.43. The second-order valence-corrected chi connectivity index (χ2v) is 10.7. The molecule has 1 aliphatic heterocycles.